The number of imidazole rings is 1. The van der Waals surface area contributed by atoms with Crippen LogP contribution in [-0.4, -0.2) is 28.3 Å². The zero-order valence-corrected chi connectivity index (χ0v) is 14.1. The van der Waals surface area contributed by atoms with Gasteiger partial charge in [-0.15, -0.1) is 0 Å². The molecule has 3 rings (SSSR count). The molecule has 0 fully saturated rings. The Bertz CT molecular complexity index is 759. The van der Waals surface area contributed by atoms with Crippen LogP contribution in [0.15, 0.2) is 61.3 Å². The van der Waals surface area contributed by atoms with Gasteiger partial charge >= 0.3 is 0 Å². The molecule has 124 valence electrons. The lowest BCUT2D eigenvalue weighted by atomic mass is 10.1. The fourth-order valence-corrected chi connectivity index (χ4v) is 2.68. The van der Waals surface area contributed by atoms with E-state index in [2.05, 4.69) is 21.4 Å². The minimum Gasteiger partial charge on any atom is -0.383 e. The number of nitrogens with one attached hydrogen (secondary N) is 1. The summed E-state index contributed by atoms with van der Waals surface area (Å²) in [4.78, 5) is 8.55. The Hall–Kier alpha value is -2.21. The highest BCUT2D eigenvalue weighted by atomic mass is 35.5. The Balaban J connectivity index is 1.77. The summed E-state index contributed by atoms with van der Waals surface area (Å²) in [6.45, 7) is 1.24. The number of ether oxygens (including phenoxy) is 1. The molecule has 0 saturated carbocycles. The standard InChI is InChI=1S/C18H19ClN4O/c1-24-12-17(14-4-6-16(19)7-5-14)22-11-15-3-2-8-21-18(15)23-10-9-20-13-23/h2-10,13,17,22H,11-12H2,1H3/t17-/m1/s1. The third kappa shape index (κ3) is 4.00. The van der Waals surface area contributed by atoms with Crippen molar-refractivity contribution in [1.82, 2.24) is 19.9 Å². The van der Waals surface area contributed by atoms with Crippen molar-refractivity contribution in [3.63, 3.8) is 0 Å². The van der Waals surface area contributed by atoms with Gasteiger partial charge in [-0.1, -0.05) is 29.8 Å². The number of hydrogen-bond acceptors (Lipinski definition) is 4. The molecule has 0 radical (unpaired) electrons. The molecule has 0 unspecified atom stereocenters. The second kappa shape index (κ2) is 8.06. The van der Waals surface area contributed by atoms with Gasteiger partial charge in [0.15, 0.2) is 0 Å². The average Bonchev–Trinajstić information content (AvgIpc) is 3.14. The number of nitrogens with zero attached hydrogens (tertiary/aromatic N) is 3. The smallest absolute Gasteiger partial charge is 0.142 e. The van der Waals surface area contributed by atoms with Gasteiger partial charge in [0.25, 0.3) is 0 Å². The summed E-state index contributed by atoms with van der Waals surface area (Å²) in [5.74, 6) is 0.870. The topological polar surface area (TPSA) is 52.0 Å². The molecule has 24 heavy (non-hydrogen) atoms. The van der Waals surface area contributed by atoms with Crippen LogP contribution in [-0.2, 0) is 11.3 Å². The van der Waals surface area contributed by atoms with Gasteiger partial charge in [-0.3, -0.25) is 4.57 Å². The lowest BCUT2D eigenvalue weighted by Gasteiger charge is -2.19. The van der Waals surface area contributed by atoms with E-state index in [1.165, 1.54) is 0 Å². The number of benzene rings is 1. The highest BCUT2D eigenvalue weighted by Gasteiger charge is 2.13. The average molecular weight is 343 g/mol. The van der Waals surface area contributed by atoms with Crippen molar-refractivity contribution >= 4 is 11.6 Å². The number of pyridine rings is 1. The molecule has 0 amide bonds. The maximum atomic E-state index is 5.98. The quantitative estimate of drug-likeness (QED) is 0.715. The van der Waals surface area contributed by atoms with Crippen molar-refractivity contribution in [1.29, 1.82) is 0 Å². The van der Waals surface area contributed by atoms with Gasteiger partial charge in [0.05, 0.1) is 12.6 Å². The number of halogens is 1. The van der Waals surface area contributed by atoms with E-state index in [0.717, 1.165) is 22.0 Å². The largest absolute Gasteiger partial charge is 0.383 e. The van der Waals surface area contributed by atoms with Crippen molar-refractivity contribution in [2.75, 3.05) is 13.7 Å². The van der Waals surface area contributed by atoms with Crippen LogP contribution in [0.5, 0.6) is 0 Å². The maximum Gasteiger partial charge on any atom is 0.142 e. The van der Waals surface area contributed by atoms with Gasteiger partial charge in [-0.2, -0.15) is 0 Å². The van der Waals surface area contributed by atoms with Gasteiger partial charge in [0.1, 0.15) is 12.1 Å². The minimum atomic E-state index is 0.0723. The van der Waals surface area contributed by atoms with Gasteiger partial charge in [-0.05, 0) is 23.8 Å². The molecule has 0 aliphatic rings. The summed E-state index contributed by atoms with van der Waals surface area (Å²) >= 11 is 5.98. The van der Waals surface area contributed by atoms with E-state index in [1.54, 1.807) is 25.8 Å². The predicted molar refractivity (Wildman–Crippen MR) is 94.3 cm³/mol. The maximum absolute atomic E-state index is 5.98. The van der Waals surface area contributed by atoms with E-state index in [0.29, 0.717) is 13.2 Å². The first-order valence-corrected chi connectivity index (χ1v) is 8.05. The van der Waals surface area contributed by atoms with Crippen LogP contribution in [0.3, 0.4) is 0 Å². The molecule has 2 aromatic heterocycles. The van der Waals surface area contributed by atoms with Crippen LogP contribution in [0.2, 0.25) is 5.02 Å². The molecular weight excluding hydrogens is 324 g/mol. The van der Waals surface area contributed by atoms with Crippen molar-refractivity contribution in [2.24, 2.45) is 0 Å². The van der Waals surface area contributed by atoms with Crippen LogP contribution < -0.4 is 5.32 Å². The third-order valence-corrected chi connectivity index (χ3v) is 4.01. The second-order valence-electron chi connectivity index (χ2n) is 5.40. The molecule has 1 atom stereocenters. The molecule has 2 heterocycles. The van der Waals surface area contributed by atoms with E-state index >= 15 is 0 Å². The Kier molecular flexibility index (Phi) is 5.59. The number of methoxy groups -OCH3 is 1. The third-order valence-electron chi connectivity index (χ3n) is 3.76. The number of hydrogen-bond donors (Lipinski definition) is 1. The van der Waals surface area contributed by atoms with E-state index < -0.39 is 0 Å². The molecule has 5 nitrogen and oxygen atoms in total. The van der Waals surface area contributed by atoms with Crippen molar-refractivity contribution in [3.05, 3.63) is 77.5 Å². The lowest BCUT2D eigenvalue weighted by molar-refractivity contribution is 0.166. The molecule has 0 bridgehead atoms. The van der Waals surface area contributed by atoms with Crippen LogP contribution in [0.4, 0.5) is 0 Å². The first-order valence-electron chi connectivity index (χ1n) is 7.68. The van der Waals surface area contributed by atoms with Crippen molar-refractivity contribution in [2.45, 2.75) is 12.6 Å². The molecule has 3 aromatic rings. The fraction of sp³-hybridized carbons (Fsp3) is 0.222. The Labute approximate surface area is 146 Å². The molecule has 6 heteroatoms. The summed E-state index contributed by atoms with van der Waals surface area (Å²) in [6, 6.07) is 11.9. The summed E-state index contributed by atoms with van der Waals surface area (Å²) in [7, 11) is 1.70. The highest BCUT2D eigenvalue weighted by Crippen LogP contribution is 2.18. The molecular formula is C18H19ClN4O. The van der Waals surface area contributed by atoms with Crippen LogP contribution in [0.25, 0.3) is 5.82 Å². The first kappa shape index (κ1) is 16.6. The monoisotopic (exact) mass is 342 g/mol. The Morgan fingerprint density at radius 2 is 2.04 bits per heavy atom. The molecule has 0 aliphatic heterocycles. The van der Waals surface area contributed by atoms with Crippen LogP contribution in [0.1, 0.15) is 17.2 Å². The van der Waals surface area contributed by atoms with Gasteiger partial charge in [-0.25, -0.2) is 9.97 Å². The molecule has 1 N–H and O–H groups in total. The van der Waals surface area contributed by atoms with Crippen LogP contribution >= 0.6 is 11.6 Å². The second-order valence-corrected chi connectivity index (χ2v) is 5.83. The molecule has 1 aromatic carbocycles. The van der Waals surface area contributed by atoms with Crippen LogP contribution in [0, 0.1) is 0 Å². The predicted octanol–water partition coefficient (Wildman–Crippen LogP) is 3.40. The first-order chi connectivity index (χ1) is 11.8. The Morgan fingerprint density at radius 3 is 2.75 bits per heavy atom. The van der Waals surface area contributed by atoms with E-state index in [1.807, 2.05) is 41.1 Å². The summed E-state index contributed by atoms with van der Waals surface area (Å²) in [5, 5.41) is 4.26. The van der Waals surface area contributed by atoms with Crippen molar-refractivity contribution in [3.8, 4) is 5.82 Å². The summed E-state index contributed by atoms with van der Waals surface area (Å²) in [6.07, 6.45) is 7.16. The zero-order valence-electron chi connectivity index (χ0n) is 13.4. The van der Waals surface area contributed by atoms with E-state index in [9.17, 15) is 0 Å². The lowest BCUT2D eigenvalue weighted by Crippen LogP contribution is -2.25. The minimum absolute atomic E-state index is 0.0723. The molecule has 0 spiro atoms. The zero-order chi connectivity index (χ0) is 16.8. The molecule has 0 aliphatic carbocycles. The normalized spacial score (nSPS) is 12.2. The SMILES string of the molecule is COC[C@@H](NCc1cccnc1-n1ccnc1)c1ccc(Cl)cc1. The van der Waals surface area contributed by atoms with E-state index in [4.69, 9.17) is 16.3 Å². The van der Waals surface area contributed by atoms with Gasteiger partial charge in [0.2, 0.25) is 0 Å². The highest BCUT2D eigenvalue weighted by molar-refractivity contribution is 6.30. The van der Waals surface area contributed by atoms with Gasteiger partial charge in [0, 0.05) is 42.8 Å². The summed E-state index contributed by atoms with van der Waals surface area (Å²) < 4.78 is 7.26. The van der Waals surface area contributed by atoms with Gasteiger partial charge < -0.3 is 10.1 Å². The molecule has 0 saturated heterocycles. The number of aromatic nitrogens is 3. The van der Waals surface area contributed by atoms with E-state index in [-0.39, 0.29) is 6.04 Å². The Morgan fingerprint density at radius 1 is 1.21 bits per heavy atom. The van der Waals surface area contributed by atoms with Crippen molar-refractivity contribution < 1.29 is 4.74 Å². The fourth-order valence-electron chi connectivity index (χ4n) is 2.55. The number of rotatable bonds is 7. The summed E-state index contributed by atoms with van der Waals surface area (Å²) in [5.41, 5.74) is 2.22.